The number of hydrogen-bond donors (Lipinski definition) is 3. The highest BCUT2D eigenvalue weighted by molar-refractivity contribution is 5.79. The van der Waals surface area contributed by atoms with Crippen molar-refractivity contribution in [3.63, 3.8) is 0 Å². The van der Waals surface area contributed by atoms with E-state index in [1.165, 1.54) is 16.8 Å². The molecule has 4 rings (SSSR count). The van der Waals surface area contributed by atoms with Gasteiger partial charge in [0.1, 0.15) is 17.2 Å². The molecule has 154 valence electrons. The number of benzene rings is 1. The molecule has 0 saturated carbocycles. The van der Waals surface area contributed by atoms with E-state index in [2.05, 4.69) is 57.3 Å². The molecule has 7 nitrogen and oxygen atoms in total. The number of fused-ring (bicyclic) bond motifs is 2. The van der Waals surface area contributed by atoms with Crippen molar-refractivity contribution in [2.24, 2.45) is 0 Å². The first-order chi connectivity index (χ1) is 14.0. The maximum absolute atomic E-state index is 6.05. The number of nitrogens with two attached hydrogens (primary N) is 1. The van der Waals surface area contributed by atoms with Gasteiger partial charge >= 0.3 is 0 Å². The van der Waals surface area contributed by atoms with Gasteiger partial charge < -0.3 is 20.8 Å². The molecule has 2 unspecified atom stereocenters. The fraction of sp³-hybridized carbons (Fsp3) is 0.455. The molecule has 1 aliphatic heterocycles. The number of H-pyrrole nitrogens is 1. The van der Waals surface area contributed by atoms with Gasteiger partial charge in [-0.15, -0.1) is 0 Å². The number of nitrogen functional groups attached to an aromatic ring is 1. The molecular weight excluding hydrogens is 364 g/mol. The Labute approximate surface area is 171 Å². The zero-order valence-electron chi connectivity index (χ0n) is 17.6. The van der Waals surface area contributed by atoms with Crippen molar-refractivity contribution >= 4 is 22.7 Å². The summed E-state index contributed by atoms with van der Waals surface area (Å²) in [6.45, 7) is 5.80. The van der Waals surface area contributed by atoms with Crippen molar-refractivity contribution in [2.45, 2.75) is 45.3 Å². The van der Waals surface area contributed by atoms with E-state index in [1.807, 2.05) is 13.0 Å². The SMILES string of the molecule is CCC(COC)N(C)Cc1ccc2c(c1)CC(c1cc(N)nc3[nH]c(C)nc13)N2. The predicted octanol–water partition coefficient (Wildman–Crippen LogP) is 3.41. The van der Waals surface area contributed by atoms with E-state index < -0.39 is 0 Å². The zero-order chi connectivity index (χ0) is 20.5. The first-order valence-electron chi connectivity index (χ1n) is 10.2. The third kappa shape index (κ3) is 3.93. The van der Waals surface area contributed by atoms with Crippen LogP contribution in [0.3, 0.4) is 0 Å². The summed E-state index contributed by atoms with van der Waals surface area (Å²) in [5, 5.41) is 3.64. The standard InChI is InChI=1S/C22H30N6O/c1-5-16(12-29-4)28(3)11-14-6-7-18-15(8-14)9-19(26-18)17-10-20(23)27-22-21(17)24-13(2)25-22/h6-8,10,16,19,26H,5,9,11-12H2,1-4H3,(H3,23,24,25,27). The van der Waals surface area contributed by atoms with Gasteiger partial charge in [-0.1, -0.05) is 19.1 Å². The van der Waals surface area contributed by atoms with Crippen LogP contribution in [0.2, 0.25) is 0 Å². The van der Waals surface area contributed by atoms with Crippen LogP contribution in [0, 0.1) is 6.92 Å². The topological polar surface area (TPSA) is 92.1 Å². The van der Waals surface area contributed by atoms with Crippen LogP contribution in [-0.4, -0.2) is 46.7 Å². The highest BCUT2D eigenvalue weighted by atomic mass is 16.5. The van der Waals surface area contributed by atoms with Crippen LogP contribution in [-0.2, 0) is 17.7 Å². The van der Waals surface area contributed by atoms with Crippen molar-refractivity contribution in [3.8, 4) is 0 Å². The Morgan fingerprint density at radius 2 is 2.14 bits per heavy atom. The summed E-state index contributed by atoms with van der Waals surface area (Å²) in [5.41, 5.74) is 12.6. The van der Waals surface area contributed by atoms with Crippen LogP contribution in [0.4, 0.5) is 11.5 Å². The molecule has 0 aliphatic carbocycles. The second-order valence-corrected chi connectivity index (χ2v) is 7.98. The van der Waals surface area contributed by atoms with Crippen molar-refractivity contribution in [2.75, 3.05) is 31.8 Å². The molecule has 0 amide bonds. The zero-order valence-corrected chi connectivity index (χ0v) is 17.6. The largest absolute Gasteiger partial charge is 0.384 e. The Kier molecular flexibility index (Phi) is 5.43. The van der Waals surface area contributed by atoms with Gasteiger partial charge in [-0.05, 0) is 50.1 Å². The minimum atomic E-state index is 0.144. The van der Waals surface area contributed by atoms with Crippen LogP contribution in [0.1, 0.15) is 41.9 Å². The number of ether oxygens (including phenoxy) is 1. The molecule has 0 fully saturated rings. The lowest BCUT2D eigenvalue weighted by atomic mass is 10.0. The van der Waals surface area contributed by atoms with Gasteiger partial charge in [0.15, 0.2) is 5.65 Å². The fourth-order valence-electron chi connectivity index (χ4n) is 4.28. The number of imidazole rings is 1. The predicted molar refractivity (Wildman–Crippen MR) is 117 cm³/mol. The number of rotatable bonds is 7. The first kappa shape index (κ1) is 19.7. The lowest BCUT2D eigenvalue weighted by molar-refractivity contribution is 0.0998. The molecule has 0 radical (unpaired) electrons. The number of likely N-dealkylation sites (N-methyl/N-ethyl adjacent to an activating group) is 1. The van der Waals surface area contributed by atoms with E-state index in [-0.39, 0.29) is 6.04 Å². The molecule has 0 spiro atoms. The highest BCUT2D eigenvalue weighted by Gasteiger charge is 2.26. The Balaban J connectivity index is 1.55. The highest BCUT2D eigenvalue weighted by Crippen LogP contribution is 2.37. The molecule has 0 saturated heterocycles. The third-order valence-corrected chi connectivity index (χ3v) is 5.81. The molecule has 0 bridgehead atoms. The summed E-state index contributed by atoms with van der Waals surface area (Å²) in [6, 6.07) is 9.22. The fourth-order valence-corrected chi connectivity index (χ4v) is 4.28. The molecule has 3 heterocycles. The molecule has 2 aromatic heterocycles. The average Bonchev–Trinajstić information content (AvgIpc) is 3.27. The van der Waals surface area contributed by atoms with Gasteiger partial charge in [0.25, 0.3) is 0 Å². The van der Waals surface area contributed by atoms with Crippen LogP contribution in [0.5, 0.6) is 0 Å². The second-order valence-electron chi connectivity index (χ2n) is 7.98. The maximum atomic E-state index is 6.05. The second kappa shape index (κ2) is 8.00. The molecule has 2 atom stereocenters. The number of hydrogen-bond acceptors (Lipinski definition) is 6. The molecule has 7 heteroatoms. The van der Waals surface area contributed by atoms with Crippen LogP contribution < -0.4 is 11.1 Å². The summed E-state index contributed by atoms with van der Waals surface area (Å²) in [5.74, 6) is 1.36. The Bertz CT molecular complexity index is 1010. The minimum Gasteiger partial charge on any atom is -0.384 e. The Morgan fingerprint density at radius 3 is 2.90 bits per heavy atom. The Morgan fingerprint density at radius 1 is 1.31 bits per heavy atom. The van der Waals surface area contributed by atoms with E-state index in [0.717, 1.165) is 48.5 Å². The summed E-state index contributed by atoms with van der Waals surface area (Å²) in [4.78, 5) is 14.6. The number of nitrogens with zero attached hydrogens (tertiary/aromatic N) is 3. The van der Waals surface area contributed by atoms with Crippen molar-refractivity contribution in [1.82, 2.24) is 19.9 Å². The van der Waals surface area contributed by atoms with E-state index in [0.29, 0.717) is 11.9 Å². The van der Waals surface area contributed by atoms with E-state index >= 15 is 0 Å². The maximum Gasteiger partial charge on any atom is 0.160 e. The molecular formula is C22H30N6O. The van der Waals surface area contributed by atoms with Gasteiger partial charge in [-0.2, -0.15) is 0 Å². The number of pyridine rings is 1. The molecule has 29 heavy (non-hydrogen) atoms. The first-order valence-corrected chi connectivity index (χ1v) is 10.2. The molecule has 1 aromatic carbocycles. The van der Waals surface area contributed by atoms with Crippen molar-refractivity contribution < 1.29 is 4.74 Å². The smallest absolute Gasteiger partial charge is 0.160 e. The van der Waals surface area contributed by atoms with Gasteiger partial charge in [-0.3, -0.25) is 4.90 Å². The van der Waals surface area contributed by atoms with Gasteiger partial charge in [0, 0.05) is 30.9 Å². The average molecular weight is 395 g/mol. The lowest BCUT2D eigenvalue weighted by Gasteiger charge is -2.26. The monoisotopic (exact) mass is 394 g/mol. The summed E-state index contributed by atoms with van der Waals surface area (Å²) in [7, 11) is 3.93. The number of nitrogens with one attached hydrogen (secondary N) is 2. The number of aromatic amines is 1. The van der Waals surface area contributed by atoms with Gasteiger partial charge in [-0.25, -0.2) is 9.97 Å². The minimum absolute atomic E-state index is 0.144. The number of aryl methyl sites for hydroxylation is 1. The van der Waals surface area contributed by atoms with Crippen LogP contribution in [0.15, 0.2) is 24.3 Å². The van der Waals surface area contributed by atoms with Crippen LogP contribution >= 0.6 is 0 Å². The van der Waals surface area contributed by atoms with Gasteiger partial charge in [0.05, 0.1) is 12.6 Å². The van der Waals surface area contributed by atoms with E-state index in [4.69, 9.17) is 10.5 Å². The summed E-state index contributed by atoms with van der Waals surface area (Å²) < 4.78 is 5.36. The third-order valence-electron chi connectivity index (χ3n) is 5.81. The number of aromatic nitrogens is 3. The molecule has 4 N–H and O–H groups in total. The molecule has 1 aliphatic rings. The summed E-state index contributed by atoms with van der Waals surface area (Å²) >= 11 is 0. The van der Waals surface area contributed by atoms with Crippen LogP contribution in [0.25, 0.3) is 11.2 Å². The number of methoxy groups -OCH3 is 1. The Hall–Kier alpha value is -2.64. The van der Waals surface area contributed by atoms with Crippen molar-refractivity contribution in [3.05, 3.63) is 46.8 Å². The van der Waals surface area contributed by atoms with Gasteiger partial charge in [0.2, 0.25) is 0 Å². The summed E-state index contributed by atoms with van der Waals surface area (Å²) in [6.07, 6.45) is 1.98. The quantitative estimate of drug-likeness (QED) is 0.569. The van der Waals surface area contributed by atoms with E-state index in [9.17, 15) is 0 Å². The van der Waals surface area contributed by atoms with Crippen molar-refractivity contribution in [1.29, 1.82) is 0 Å². The number of anilines is 2. The normalized spacial score (nSPS) is 16.9. The van der Waals surface area contributed by atoms with E-state index in [1.54, 1.807) is 7.11 Å². The molecule has 3 aromatic rings. The lowest BCUT2D eigenvalue weighted by Crippen LogP contribution is -2.34.